The van der Waals surface area contributed by atoms with Crippen LogP contribution in [-0.2, 0) is 4.74 Å². The van der Waals surface area contributed by atoms with Gasteiger partial charge >= 0.3 is 0 Å². The maximum Gasteiger partial charge on any atom is 0.145 e. The van der Waals surface area contributed by atoms with Crippen molar-refractivity contribution in [2.24, 2.45) is 0 Å². The van der Waals surface area contributed by atoms with Crippen LogP contribution in [0.25, 0.3) is 0 Å². The fourth-order valence-electron chi connectivity index (χ4n) is 2.72. The van der Waals surface area contributed by atoms with Crippen LogP contribution in [0.2, 0.25) is 5.02 Å². The molecule has 0 spiro atoms. The zero-order chi connectivity index (χ0) is 14.5. The molecule has 20 heavy (non-hydrogen) atoms. The Morgan fingerprint density at radius 3 is 2.40 bits per heavy atom. The molecule has 2 atom stereocenters. The van der Waals surface area contributed by atoms with Gasteiger partial charge in [0.1, 0.15) is 11.5 Å². The van der Waals surface area contributed by atoms with E-state index in [0.717, 1.165) is 24.3 Å². The maximum absolute atomic E-state index is 6.19. The lowest BCUT2D eigenvalue weighted by atomic mass is 9.92. The van der Waals surface area contributed by atoms with Crippen molar-refractivity contribution in [3.8, 4) is 11.5 Å². The van der Waals surface area contributed by atoms with Gasteiger partial charge < -0.3 is 19.5 Å². The van der Waals surface area contributed by atoms with Crippen molar-refractivity contribution < 1.29 is 14.2 Å². The Bertz CT molecular complexity index is 453. The summed E-state index contributed by atoms with van der Waals surface area (Å²) in [4.78, 5) is 0. The zero-order valence-corrected chi connectivity index (χ0v) is 13.0. The molecule has 1 N–H and O–H groups in total. The molecule has 2 unspecified atom stereocenters. The number of methoxy groups -OCH3 is 3. The Balaban J connectivity index is 2.21. The summed E-state index contributed by atoms with van der Waals surface area (Å²) in [6, 6.07) is 3.93. The zero-order valence-electron chi connectivity index (χ0n) is 12.2. The highest BCUT2D eigenvalue weighted by molar-refractivity contribution is 6.32. The van der Waals surface area contributed by atoms with Crippen molar-refractivity contribution in [1.82, 2.24) is 0 Å². The molecule has 0 amide bonds. The monoisotopic (exact) mass is 299 g/mol. The molecule has 1 fully saturated rings. The summed E-state index contributed by atoms with van der Waals surface area (Å²) in [6.45, 7) is 0. The largest absolute Gasteiger partial charge is 0.495 e. The lowest BCUT2D eigenvalue weighted by Gasteiger charge is -2.32. The first kappa shape index (κ1) is 15.3. The Labute approximate surface area is 125 Å². The summed E-state index contributed by atoms with van der Waals surface area (Å²) in [5, 5.41) is 4.07. The normalized spacial score (nSPS) is 22.4. The van der Waals surface area contributed by atoms with Gasteiger partial charge in [-0.1, -0.05) is 24.4 Å². The number of hydrogen-bond donors (Lipinski definition) is 1. The number of halogens is 1. The Morgan fingerprint density at radius 1 is 1.05 bits per heavy atom. The SMILES string of the molecule is COc1cc(OC)c(NC2CCCCC2OC)cc1Cl. The standard InChI is InChI=1S/C15H22ClNO3/c1-18-13-7-5-4-6-11(13)17-12-8-10(16)14(19-2)9-15(12)20-3/h8-9,11,13,17H,4-7H2,1-3H3. The van der Waals surface area contributed by atoms with E-state index < -0.39 is 0 Å². The number of hydrogen-bond acceptors (Lipinski definition) is 4. The molecule has 1 aromatic carbocycles. The average molecular weight is 300 g/mol. The van der Waals surface area contributed by atoms with Gasteiger partial charge in [-0.15, -0.1) is 0 Å². The van der Waals surface area contributed by atoms with Crippen LogP contribution in [0.1, 0.15) is 25.7 Å². The molecule has 5 heteroatoms. The van der Waals surface area contributed by atoms with Crippen molar-refractivity contribution in [2.45, 2.75) is 37.8 Å². The molecule has 1 saturated carbocycles. The minimum Gasteiger partial charge on any atom is -0.495 e. The fraction of sp³-hybridized carbons (Fsp3) is 0.600. The Kier molecular flexibility index (Phi) is 5.38. The van der Waals surface area contributed by atoms with E-state index in [0.29, 0.717) is 10.8 Å². The lowest BCUT2D eigenvalue weighted by Crippen LogP contribution is -2.37. The van der Waals surface area contributed by atoms with E-state index in [4.69, 9.17) is 25.8 Å². The van der Waals surface area contributed by atoms with Gasteiger partial charge in [-0.05, 0) is 18.9 Å². The predicted molar refractivity (Wildman–Crippen MR) is 81.2 cm³/mol. The fourth-order valence-corrected chi connectivity index (χ4v) is 2.96. The Morgan fingerprint density at radius 2 is 1.75 bits per heavy atom. The molecular formula is C15H22ClNO3. The molecule has 0 saturated heterocycles. The summed E-state index contributed by atoms with van der Waals surface area (Å²) < 4.78 is 16.2. The number of rotatable bonds is 5. The van der Waals surface area contributed by atoms with Crippen LogP contribution < -0.4 is 14.8 Å². The molecule has 1 aliphatic carbocycles. The molecule has 4 nitrogen and oxygen atoms in total. The van der Waals surface area contributed by atoms with E-state index in [1.54, 1.807) is 27.4 Å². The van der Waals surface area contributed by atoms with E-state index in [1.165, 1.54) is 12.8 Å². The third kappa shape index (κ3) is 3.30. The number of ether oxygens (including phenoxy) is 3. The lowest BCUT2D eigenvalue weighted by molar-refractivity contribution is 0.0605. The maximum atomic E-state index is 6.19. The van der Waals surface area contributed by atoms with E-state index in [9.17, 15) is 0 Å². The molecular weight excluding hydrogens is 278 g/mol. The van der Waals surface area contributed by atoms with Gasteiger partial charge in [0.2, 0.25) is 0 Å². The van der Waals surface area contributed by atoms with Crippen LogP contribution in [0.4, 0.5) is 5.69 Å². The van der Waals surface area contributed by atoms with Crippen molar-refractivity contribution >= 4 is 17.3 Å². The second-order valence-electron chi connectivity index (χ2n) is 5.00. The molecule has 0 bridgehead atoms. The van der Waals surface area contributed by atoms with E-state index in [-0.39, 0.29) is 12.1 Å². The summed E-state index contributed by atoms with van der Waals surface area (Å²) in [6.07, 6.45) is 4.83. The molecule has 1 aromatic rings. The third-order valence-corrected chi connectivity index (χ3v) is 4.12. The molecule has 0 aromatic heterocycles. The van der Waals surface area contributed by atoms with Gasteiger partial charge in [0.25, 0.3) is 0 Å². The quantitative estimate of drug-likeness (QED) is 0.899. The summed E-state index contributed by atoms with van der Waals surface area (Å²) >= 11 is 6.19. The van der Waals surface area contributed by atoms with Crippen molar-refractivity contribution in [3.63, 3.8) is 0 Å². The van der Waals surface area contributed by atoms with E-state index >= 15 is 0 Å². The van der Waals surface area contributed by atoms with Crippen LogP contribution in [0.3, 0.4) is 0 Å². The molecule has 2 rings (SSSR count). The summed E-state index contributed by atoms with van der Waals surface area (Å²) in [5.74, 6) is 1.34. The van der Waals surface area contributed by atoms with E-state index in [1.807, 2.05) is 6.07 Å². The molecule has 0 aliphatic heterocycles. The Hall–Kier alpha value is -1.13. The topological polar surface area (TPSA) is 39.7 Å². The highest BCUT2D eigenvalue weighted by Gasteiger charge is 2.25. The third-order valence-electron chi connectivity index (χ3n) is 3.82. The molecule has 0 radical (unpaired) electrons. The molecule has 112 valence electrons. The average Bonchev–Trinajstić information content (AvgIpc) is 2.48. The van der Waals surface area contributed by atoms with Crippen LogP contribution >= 0.6 is 11.6 Å². The predicted octanol–water partition coefficient (Wildman–Crippen LogP) is 3.73. The number of anilines is 1. The number of benzene rings is 1. The summed E-state index contributed by atoms with van der Waals surface area (Å²) in [7, 11) is 5.00. The smallest absolute Gasteiger partial charge is 0.145 e. The van der Waals surface area contributed by atoms with Crippen LogP contribution in [-0.4, -0.2) is 33.5 Å². The number of nitrogens with one attached hydrogen (secondary N) is 1. The van der Waals surface area contributed by atoms with Crippen molar-refractivity contribution in [3.05, 3.63) is 17.2 Å². The van der Waals surface area contributed by atoms with Crippen molar-refractivity contribution in [2.75, 3.05) is 26.6 Å². The van der Waals surface area contributed by atoms with Crippen LogP contribution in [0, 0.1) is 0 Å². The molecule has 1 aliphatic rings. The molecule has 0 heterocycles. The van der Waals surface area contributed by atoms with E-state index in [2.05, 4.69) is 5.32 Å². The van der Waals surface area contributed by atoms with Gasteiger partial charge in [0, 0.05) is 13.2 Å². The summed E-state index contributed by atoms with van der Waals surface area (Å²) in [5.41, 5.74) is 0.882. The minimum atomic E-state index is 0.231. The first-order chi connectivity index (χ1) is 9.69. The van der Waals surface area contributed by atoms with Gasteiger partial charge in [-0.25, -0.2) is 0 Å². The first-order valence-corrected chi connectivity index (χ1v) is 7.28. The van der Waals surface area contributed by atoms with Gasteiger partial charge in [0.15, 0.2) is 0 Å². The highest BCUT2D eigenvalue weighted by atomic mass is 35.5. The van der Waals surface area contributed by atoms with Crippen molar-refractivity contribution in [1.29, 1.82) is 0 Å². The first-order valence-electron chi connectivity index (χ1n) is 6.90. The second-order valence-corrected chi connectivity index (χ2v) is 5.40. The van der Waals surface area contributed by atoms with Gasteiger partial charge in [0.05, 0.1) is 37.1 Å². The second kappa shape index (κ2) is 7.04. The minimum absolute atomic E-state index is 0.231. The van der Waals surface area contributed by atoms with Gasteiger partial charge in [-0.2, -0.15) is 0 Å². The highest BCUT2D eigenvalue weighted by Crippen LogP contribution is 2.37. The van der Waals surface area contributed by atoms with Crippen LogP contribution in [0.5, 0.6) is 11.5 Å². The van der Waals surface area contributed by atoms with Gasteiger partial charge in [-0.3, -0.25) is 0 Å². The van der Waals surface area contributed by atoms with Crippen LogP contribution in [0.15, 0.2) is 12.1 Å².